The van der Waals surface area contributed by atoms with Crippen molar-refractivity contribution in [3.05, 3.63) is 59.2 Å². The third kappa shape index (κ3) is 3.75. The number of fused-ring (bicyclic) bond motifs is 1. The second kappa shape index (κ2) is 7.30. The van der Waals surface area contributed by atoms with Crippen molar-refractivity contribution in [2.45, 2.75) is 38.7 Å². The minimum Gasteiger partial charge on any atom is -0.486 e. The number of piperidine rings is 1. The van der Waals surface area contributed by atoms with E-state index in [0.29, 0.717) is 43.7 Å². The predicted molar refractivity (Wildman–Crippen MR) is 106 cm³/mol. The molecule has 1 amide bonds. The van der Waals surface area contributed by atoms with Crippen LogP contribution in [-0.2, 0) is 4.79 Å². The highest BCUT2D eigenvalue weighted by atomic mass is 16.5. The maximum Gasteiger partial charge on any atom is 0.260 e. The van der Waals surface area contributed by atoms with E-state index in [1.54, 1.807) is 0 Å². The molecule has 1 fully saturated rings. The number of nitrogens with zero attached hydrogens (tertiary/aromatic N) is 1. The highest BCUT2D eigenvalue weighted by Crippen LogP contribution is 2.39. The number of carbonyl (C=O) groups excluding carboxylic acids is 2. The fraction of sp³-hybridized carbons (Fsp3) is 0.391. The van der Waals surface area contributed by atoms with E-state index in [1.165, 1.54) is 0 Å². The molecule has 0 unspecified atom stereocenters. The van der Waals surface area contributed by atoms with Gasteiger partial charge in [0, 0.05) is 25.9 Å². The van der Waals surface area contributed by atoms with Crippen LogP contribution in [0.3, 0.4) is 0 Å². The monoisotopic (exact) mass is 379 g/mol. The number of likely N-dealkylation sites (tertiary alicyclic amines) is 1. The topological polar surface area (TPSA) is 55.8 Å². The van der Waals surface area contributed by atoms with Gasteiger partial charge in [0.15, 0.2) is 12.4 Å². The van der Waals surface area contributed by atoms with Crippen molar-refractivity contribution in [3.8, 4) is 11.5 Å². The van der Waals surface area contributed by atoms with Crippen LogP contribution in [-0.4, -0.2) is 41.9 Å². The molecule has 4 rings (SSSR count). The summed E-state index contributed by atoms with van der Waals surface area (Å²) < 4.78 is 11.9. The molecule has 28 heavy (non-hydrogen) atoms. The molecule has 2 aromatic carbocycles. The van der Waals surface area contributed by atoms with Gasteiger partial charge in [0.25, 0.3) is 5.91 Å². The van der Waals surface area contributed by atoms with E-state index in [4.69, 9.17) is 9.47 Å². The summed E-state index contributed by atoms with van der Waals surface area (Å²) in [6.45, 7) is 5.19. The first-order chi connectivity index (χ1) is 13.4. The molecule has 2 heterocycles. The normalized spacial score (nSPS) is 17.8. The van der Waals surface area contributed by atoms with Crippen molar-refractivity contribution in [2.75, 3.05) is 19.7 Å². The van der Waals surface area contributed by atoms with Crippen molar-refractivity contribution < 1.29 is 19.1 Å². The summed E-state index contributed by atoms with van der Waals surface area (Å²) in [5.41, 5.74) is 2.40. The van der Waals surface area contributed by atoms with Gasteiger partial charge in [-0.15, -0.1) is 0 Å². The van der Waals surface area contributed by atoms with E-state index in [-0.39, 0.29) is 18.3 Å². The molecule has 0 saturated carbocycles. The number of Topliss-reactive ketones (excluding diaryl/α,β-unsaturated/α-hetero) is 1. The molecule has 0 aromatic heterocycles. The van der Waals surface area contributed by atoms with Crippen molar-refractivity contribution in [1.29, 1.82) is 0 Å². The predicted octanol–water partition coefficient (Wildman–Crippen LogP) is 3.71. The number of hydrogen-bond acceptors (Lipinski definition) is 4. The van der Waals surface area contributed by atoms with Crippen LogP contribution < -0.4 is 9.47 Å². The number of aryl methyl sites for hydroxylation is 2. The lowest BCUT2D eigenvalue weighted by Crippen LogP contribution is -2.53. The summed E-state index contributed by atoms with van der Waals surface area (Å²) >= 11 is 0. The first kappa shape index (κ1) is 18.5. The van der Waals surface area contributed by atoms with Gasteiger partial charge >= 0.3 is 0 Å². The fourth-order valence-electron chi connectivity index (χ4n) is 4.14. The Balaban J connectivity index is 1.35. The smallest absolute Gasteiger partial charge is 0.260 e. The highest BCUT2D eigenvalue weighted by molar-refractivity contribution is 6.00. The third-order valence-corrected chi connectivity index (χ3v) is 5.58. The third-order valence-electron chi connectivity index (χ3n) is 5.58. The quantitative estimate of drug-likeness (QED) is 0.816. The minimum atomic E-state index is -0.489. The Kier molecular flexibility index (Phi) is 4.84. The molecule has 146 valence electrons. The first-order valence-electron chi connectivity index (χ1n) is 9.74. The Morgan fingerprint density at radius 1 is 1.11 bits per heavy atom. The van der Waals surface area contributed by atoms with Gasteiger partial charge in [-0.25, -0.2) is 0 Å². The molecule has 0 N–H and O–H groups in total. The van der Waals surface area contributed by atoms with Gasteiger partial charge < -0.3 is 14.4 Å². The molecule has 1 saturated heterocycles. The molecule has 0 atom stereocenters. The largest absolute Gasteiger partial charge is 0.486 e. The van der Waals surface area contributed by atoms with Gasteiger partial charge in [-0.2, -0.15) is 0 Å². The van der Waals surface area contributed by atoms with Gasteiger partial charge in [0.05, 0.1) is 12.0 Å². The van der Waals surface area contributed by atoms with Gasteiger partial charge in [0.1, 0.15) is 17.1 Å². The number of ether oxygens (including phenoxy) is 2. The van der Waals surface area contributed by atoms with Crippen LogP contribution in [0.25, 0.3) is 0 Å². The van der Waals surface area contributed by atoms with Crippen LogP contribution >= 0.6 is 0 Å². The van der Waals surface area contributed by atoms with E-state index >= 15 is 0 Å². The van der Waals surface area contributed by atoms with E-state index in [9.17, 15) is 9.59 Å². The van der Waals surface area contributed by atoms with Crippen molar-refractivity contribution in [1.82, 2.24) is 4.90 Å². The van der Waals surface area contributed by atoms with Crippen LogP contribution in [0.4, 0.5) is 0 Å². The maximum atomic E-state index is 12.6. The lowest BCUT2D eigenvalue weighted by molar-refractivity contribution is -0.136. The first-order valence-corrected chi connectivity index (χ1v) is 9.74. The van der Waals surface area contributed by atoms with Gasteiger partial charge in [-0.1, -0.05) is 18.2 Å². The van der Waals surface area contributed by atoms with Crippen molar-refractivity contribution in [3.63, 3.8) is 0 Å². The van der Waals surface area contributed by atoms with Gasteiger partial charge in [-0.05, 0) is 49.2 Å². The Morgan fingerprint density at radius 3 is 2.50 bits per heavy atom. The number of ketones is 1. The molecule has 5 heteroatoms. The Morgan fingerprint density at radius 2 is 1.79 bits per heavy atom. The average molecular weight is 379 g/mol. The molecule has 2 aromatic rings. The molecular formula is C23H25NO4. The second-order valence-corrected chi connectivity index (χ2v) is 7.87. The fourth-order valence-corrected chi connectivity index (χ4v) is 4.14. The summed E-state index contributed by atoms with van der Waals surface area (Å²) in [5, 5.41) is 0. The van der Waals surface area contributed by atoms with Crippen LogP contribution in [0.15, 0.2) is 42.5 Å². The van der Waals surface area contributed by atoms with Crippen LogP contribution in [0.2, 0.25) is 0 Å². The Bertz CT molecular complexity index is 892. The lowest BCUT2D eigenvalue weighted by Gasteiger charge is -2.43. The zero-order valence-electron chi connectivity index (χ0n) is 16.4. The van der Waals surface area contributed by atoms with Gasteiger partial charge in [-0.3, -0.25) is 9.59 Å². The summed E-state index contributed by atoms with van der Waals surface area (Å²) in [5.74, 6) is 1.48. The maximum absolute atomic E-state index is 12.6. The summed E-state index contributed by atoms with van der Waals surface area (Å²) in [6, 6.07) is 13.3. The van der Waals surface area contributed by atoms with Crippen LogP contribution in [0, 0.1) is 13.8 Å². The van der Waals surface area contributed by atoms with E-state index in [0.717, 1.165) is 16.9 Å². The minimum absolute atomic E-state index is 0.0263. The average Bonchev–Trinajstić information content (AvgIpc) is 2.66. The molecule has 2 aliphatic heterocycles. The van der Waals surface area contributed by atoms with E-state index < -0.39 is 5.60 Å². The number of carbonyl (C=O) groups is 2. The molecule has 1 spiro atoms. The SMILES string of the molecule is Cc1cc(C)cc(OCC(=O)N2CCC3(CC2)CC(=O)c2ccccc2O3)c1. The number of rotatable bonds is 3. The summed E-state index contributed by atoms with van der Waals surface area (Å²) in [4.78, 5) is 26.9. The zero-order valence-corrected chi connectivity index (χ0v) is 16.4. The summed E-state index contributed by atoms with van der Waals surface area (Å²) in [6.07, 6.45) is 1.69. The standard InChI is InChI=1S/C23H25NO4/c1-16-11-17(2)13-18(12-16)27-15-22(26)24-9-7-23(8-10-24)14-20(25)19-5-3-4-6-21(19)28-23/h3-6,11-13H,7-10,14-15H2,1-2H3. The number of hydrogen-bond donors (Lipinski definition) is 0. The summed E-state index contributed by atoms with van der Waals surface area (Å²) in [7, 11) is 0. The molecule has 0 bridgehead atoms. The van der Waals surface area contributed by atoms with Gasteiger partial charge in [0.2, 0.25) is 0 Å². The van der Waals surface area contributed by atoms with E-state index in [2.05, 4.69) is 6.07 Å². The van der Waals surface area contributed by atoms with E-state index in [1.807, 2.05) is 55.1 Å². The molecule has 2 aliphatic rings. The van der Waals surface area contributed by atoms with Crippen LogP contribution in [0.1, 0.15) is 40.7 Å². The Hall–Kier alpha value is -2.82. The van der Waals surface area contributed by atoms with Crippen molar-refractivity contribution >= 4 is 11.7 Å². The van der Waals surface area contributed by atoms with Crippen molar-refractivity contribution in [2.24, 2.45) is 0 Å². The number of amides is 1. The zero-order chi connectivity index (χ0) is 19.7. The van der Waals surface area contributed by atoms with Crippen LogP contribution in [0.5, 0.6) is 11.5 Å². The lowest BCUT2D eigenvalue weighted by atomic mass is 9.82. The number of benzene rings is 2. The molecular weight excluding hydrogens is 354 g/mol. The number of para-hydroxylation sites is 1. The highest BCUT2D eigenvalue weighted by Gasteiger charge is 2.43. The second-order valence-electron chi connectivity index (χ2n) is 7.87. The molecule has 0 aliphatic carbocycles. The Labute approximate surface area is 165 Å². The molecule has 0 radical (unpaired) electrons. The molecule has 5 nitrogen and oxygen atoms in total.